The van der Waals surface area contributed by atoms with Crippen LogP contribution in [-0.2, 0) is 4.79 Å². The van der Waals surface area contributed by atoms with Gasteiger partial charge in [0.05, 0.1) is 6.54 Å². The number of nitrogens with one attached hydrogen (secondary N) is 3. The van der Waals surface area contributed by atoms with Crippen molar-refractivity contribution >= 4 is 17.9 Å². The van der Waals surface area contributed by atoms with E-state index in [2.05, 4.69) is 16.0 Å². The zero-order valence-electron chi connectivity index (χ0n) is 15.8. The third kappa shape index (κ3) is 6.56. The highest BCUT2D eigenvalue weighted by atomic mass is 16.4. The molecule has 3 amide bonds. The molecule has 0 aromatic heterocycles. The van der Waals surface area contributed by atoms with Crippen LogP contribution in [0.25, 0.3) is 0 Å². The molecule has 1 aliphatic rings. The van der Waals surface area contributed by atoms with E-state index in [1.54, 1.807) is 12.1 Å². The minimum Gasteiger partial charge on any atom is -0.480 e. The third-order valence-corrected chi connectivity index (χ3v) is 4.72. The Bertz CT molecular complexity index is 656. The fraction of sp³-hybridized carbons (Fsp3) is 0.526. The second-order valence-corrected chi connectivity index (χ2v) is 6.80. The highest BCUT2D eigenvalue weighted by Crippen LogP contribution is 2.25. The van der Waals surface area contributed by atoms with Gasteiger partial charge < -0.3 is 21.1 Å². The van der Waals surface area contributed by atoms with Gasteiger partial charge in [-0.1, -0.05) is 24.6 Å². The molecular formula is C19H28N4O4. The van der Waals surface area contributed by atoms with Gasteiger partial charge in [0.15, 0.2) is 0 Å². The number of likely N-dealkylation sites (N-methyl/N-ethyl adjacent to an activating group) is 1. The molecule has 1 aromatic rings. The van der Waals surface area contributed by atoms with Gasteiger partial charge in [-0.05, 0) is 38.4 Å². The van der Waals surface area contributed by atoms with Crippen molar-refractivity contribution in [3.63, 3.8) is 0 Å². The first-order valence-electron chi connectivity index (χ1n) is 9.24. The highest BCUT2D eigenvalue weighted by molar-refractivity contribution is 5.94. The molecule has 1 fully saturated rings. The van der Waals surface area contributed by atoms with Crippen LogP contribution in [0, 0.1) is 6.92 Å². The van der Waals surface area contributed by atoms with Crippen LogP contribution in [0.5, 0.6) is 0 Å². The van der Waals surface area contributed by atoms with E-state index in [0.29, 0.717) is 25.2 Å². The van der Waals surface area contributed by atoms with E-state index in [1.165, 1.54) is 0 Å². The number of amides is 3. The van der Waals surface area contributed by atoms with Gasteiger partial charge in [0, 0.05) is 30.7 Å². The van der Waals surface area contributed by atoms with E-state index < -0.39 is 5.97 Å². The molecule has 4 N–H and O–H groups in total. The Hall–Kier alpha value is -2.61. The second-order valence-electron chi connectivity index (χ2n) is 6.80. The number of carboxylic acid groups (broad SMARTS) is 1. The lowest BCUT2D eigenvalue weighted by Gasteiger charge is -2.42. The van der Waals surface area contributed by atoms with Gasteiger partial charge >= 0.3 is 12.0 Å². The van der Waals surface area contributed by atoms with Crippen LogP contribution in [0.1, 0.15) is 35.7 Å². The summed E-state index contributed by atoms with van der Waals surface area (Å²) < 4.78 is 0. The van der Waals surface area contributed by atoms with Crippen molar-refractivity contribution in [1.29, 1.82) is 0 Å². The Balaban J connectivity index is 1.58. The number of rotatable bonds is 9. The molecule has 1 aliphatic carbocycles. The number of carboxylic acids is 1. The number of nitrogens with zero attached hydrogens (tertiary/aromatic N) is 1. The SMILES string of the molecule is CCN(CC(=O)O)C1CC(NC(=O)NCCNC(=O)c2ccc(C)cc2)C1. The van der Waals surface area contributed by atoms with Gasteiger partial charge in [-0.3, -0.25) is 14.5 Å². The average molecular weight is 376 g/mol. The van der Waals surface area contributed by atoms with E-state index in [9.17, 15) is 14.4 Å². The van der Waals surface area contributed by atoms with Crippen LogP contribution >= 0.6 is 0 Å². The van der Waals surface area contributed by atoms with Crippen LogP contribution in [-0.4, -0.2) is 66.2 Å². The summed E-state index contributed by atoms with van der Waals surface area (Å²) in [6.45, 7) is 5.27. The number of hydrogen-bond donors (Lipinski definition) is 4. The lowest BCUT2D eigenvalue weighted by Crippen LogP contribution is -2.56. The summed E-state index contributed by atoms with van der Waals surface area (Å²) in [5.74, 6) is -1.00. The maximum atomic E-state index is 12.0. The summed E-state index contributed by atoms with van der Waals surface area (Å²) in [7, 11) is 0. The Morgan fingerprint density at radius 2 is 1.74 bits per heavy atom. The van der Waals surface area contributed by atoms with Crippen LogP contribution in [0.2, 0.25) is 0 Å². The van der Waals surface area contributed by atoms with Crippen molar-refractivity contribution in [1.82, 2.24) is 20.9 Å². The Morgan fingerprint density at radius 1 is 1.11 bits per heavy atom. The van der Waals surface area contributed by atoms with E-state index in [1.807, 2.05) is 30.9 Å². The van der Waals surface area contributed by atoms with Crippen LogP contribution in [0.4, 0.5) is 4.79 Å². The number of aliphatic carboxylic acids is 1. The monoisotopic (exact) mass is 376 g/mol. The molecule has 0 aliphatic heterocycles. The molecule has 0 atom stereocenters. The lowest BCUT2D eigenvalue weighted by atomic mass is 9.85. The van der Waals surface area contributed by atoms with Gasteiger partial charge in [-0.15, -0.1) is 0 Å². The molecular weight excluding hydrogens is 348 g/mol. The largest absolute Gasteiger partial charge is 0.480 e. The zero-order valence-corrected chi connectivity index (χ0v) is 15.8. The zero-order chi connectivity index (χ0) is 19.8. The van der Waals surface area contributed by atoms with Gasteiger partial charge in [0.2, 0.25) is 0 Å². The third-order valence-electron chi connectivity index (χ3n) is 4.72. The first-order chi connectivity index (χ1) is 12.9. The summed E-state index contributed by atoms with van der Waals surface area (Å²) in [6.07, 6.45) is 1.50. The molecule has 1 aromatic carbocycles. The number of hydrogen-bond acceptors (Lipinski definition) is 4. The molecule has 8 nitrogen and oxygen atoms in total. The van der Waals surface area contributed by atoms with Gasteiger partial charge in [-0.2, -0.15) is 0 Å². The summed E-state index contributed by atoms with van der Waals surface area (Å²) in [5.41, 5.74) is 1.68. The molecule has 0 unspecified atom stereocenters. The average Bonchev–Trinajstić information content (AvgIpc) is 2.60. The van der Waals surface area contributed by atoms with Crippen LogP contribution < -0.4 is 16.0 Å². The molecule has 148 valence electrons. The highest BCUT2D eigenvalue weighted by Gasteiger charge is 2.34. The summed E-state index contributed by atoms with van der Waals surface area (Å²) >= 11 is 0. The summed E-state index contributed by atoms with van der Waals surface area (Å²) in [6, 6.07) is 7.27. The maximum absolute atomic E-state index is 12.0. The Morgan fingerprint density at radius 3 is 2.33 bits per heavy atom. The Labute approximate surface area is 159 Å². The normalized spacial score (nSPS) is 18.5. The van der Waals surface area contributed by atoms with Crippen molar-refractivity contribution in [2.45, 2.75) is 38.8 Å². The smallest absolute Gasteiger partial charge is 0.317 e. The predicted molar refractivity (Wildman–Crippen MR) is 102 cm³/mol. The summed E-state index contributed by atoms with van der Waals surface area (Å²) in [4.78, 5) is 36.6. The second kappa shape index (κ2) is 9.91. The van der Waals surface area contributed by atoms with Crippen molar-refractivity contribution in [3.8, 4) is 0 Å². The number of carbonyl (C=O) groups excluding carboxylic acids is 2. The predicted octanol–water partition coefficient (Wildman–Crippen LogP) is 0.962. The minimum absolute atomic E-state index is 0.0285. The minimum atomic E-state index is -0.835. The quantitative estimate of drug-likeness (QED) is 0.480. The molecule has 8 heteroatoms. The van der Waals surface area contributed by atoms with Gasteiger partial charge in [0.1, 0.15) is 0 Å². The van der Waals surface area contributed by atoms with Crippen molar-refractivity contribution in [3.05, 3.63) is 35.4 Å². The van der Waals surface area contributed by atoms with E-state index >= 15 is 0 Å². The van der Waals surface area contributed by atoms with E-state index in [-0.39, 0.29) is 30.6 Å². The fourth-order valence-corrected chi connectivity index (χ4v) is 3.07. The van der Waals surface area contributed by atoms with Crippen LogP contribution in [0.15, 0.2) is 24.3 Å². The molecule has 1 saturated carbocycles. The molecule has 0 saturated heterocycles. The van der Waals surface area contributed by atoms with E-state index in [0.717, 1.165) is 18.4 Å². The van der Waals surface area contributed by atoms with Gasteiger partial charge in [0.25, 0.3) is 5.91 Å². The molecule has 0 spiro atoms. The lowest BCUT2D eigenvalue weighted by molar-refractivity contribution is -0.139. The standard InChI is InChI=1S/C19H28N4O4/c1-3-23(12-17(24)25)16-10-15(11-16)22-19(27)21-9-8-20-18(26)14-6-4-13(2)5-7-14/h4-7,15-16H,3,8-12H2,1-2H3,(H,20,26)(H,24,25)(H2,21,22,27). The molecule has 27 heavy (non-hydrogen) atoms. The number of aryl methyl sites for hydroxylation is 1. The fourth-order valence-electron chi connectivity index (χ4n) is 3.07. The molecule has 0 heterocycles. The number of urea groups is 1. The van der Waals surface area contributed by atoms with Crippen molar-refractivity contribution in [2.75, 3.05) is 26.2 Å². The summed E-state index contributed by atoms with van der Waals surface area (Å²) in [5, 5.41) is 17.2. The number of carbonyl (C=O) groups is 3. The van der Waals surface area contributed by atoms with Crippen molar-refractivity contribution in [2.24, 2.45) is 0 Å². The van der Waals surface area contributed by atoms with Gasteiger partial charge in [-0.25, -0.2) is 4.79 Å². The molecule has 0 radical (unpaired) electrons. The maximum Gasteiger partial charge on any atom is 0.317 e. The first kappa shape index (κ1) is 20.7. The topological polar surface area (TPSA) is 111 Å². The number of benzene rings is 1. The molecule has 0 bridgehead atoms. The van der Waals surface area contributed by atoms with Crippen LogP contribution in [0.3, 0.4) is 0 Å². The van der Waals surface area contributed by atoms with Crippen molar-refractivity contribution < 1.29 is 19.5 Å². The molecule has 2 rings (SSSR count). The van der Waals surface area contributed by atoms with E-state index in [4.69, 9.17) is 5.11 Å². The Kier molecular flexibility index (Phi) is 7.60. The first-order valence-corrected chi connectivity index (χ1v) is 9.24.